The molecule has 0 aliphatic rings. The lowest BCUT2D eigenvalue weighted by atomic mass is 9.81. The van der Waals surface area contributed by atoms with Gasteiger partial charge in [0.05, 0.1) is 28.3 Å². The minimum Gasteiger partial charge on any atom is -0.480 e. The molecule has 3 N–H and O–H groups in total. The fraction of sp³-hybridized carbons (Fsp3) is 0.171. The predicted molar refractivity (Wildman–Crippen MR) is 172 cm³/mol. The van der Waals surface area contributed by atoms with Gasteiger partial charge >= 0.3 is 24.1 Å². The number of carboxylic acid groups (broad SMARTS) is 2. The van der Waals surface area contributed by atoms with Crippen LogP contribution in [-0.2, 0) is 37.1 Å². The summed E-state index contributed by atoms with van der Waals surface area (Å²) in [6.45, 7) is -1.04. The van der Waals surface area contributed by atoms with Crippen molar-refractivity contribution in [1.29, 1.82) is 0 Å². The quantitative estimate of drug-likeness (QED) is 0.124. The van der Waals surface area contributed by atoms with Crippen LogP contribution in [0.3, 0.4) is 0 Å². The lowest BCUT2D eigenvalue weighted by Gasteiger charge is -2.25. The number of esters is 1. The number of alkyl halides is 3. The van der Waals surface area contributed by atoms with Crippen molar-refractivity contribution < 1.29 is 52.1 Å². The zero-order valence-corrected chi connectivity index (χ0v) is 26.6. The Hall–Kier alpha value is -5.69. The highest BCUT2D eigenvalue weighted by atomic mass is 35.5. The summed E-state index contributed by atoms with van der Waals surface area (Å²) in [5.74, 6) is -5.88. The molecule has 0 aliphatic carbocycles. The molecule has 0 radical (unpaired) electrons. The van der Waals surface area contributed by atoms with Crippen LogP contribution >= 0.6 is 11.6 Å². The number of ether oxygens (including phenoxy) is 1. The average Bonchev–Trinajstić information content (AvgIpc) is 3.05. The number of hydrogen-bond donors (Lipinski definition) is 3. The number of nitrogens with zero attached hydrogens (tertiary/aromatic N) is 1. The van der Waals surface area contributed by atoms with E-state index in [1.807, 2.05) is 0 Å². The topological polar surface area (TPSA) is 150 Å². The number of carbonyl (C=O) groups is 5. The molecule has 10 nitrogen and oxygen atoms in total. The van der Waals surface area contributed by atoms with Crippen molar-refractivity contribution in [3.8, 4) is 11.1 Å². The number of carboxylic acids is 2. The van der Waals surface area contributed by atoms with E-state index in [2.05, 4.69) is 5.32 Å². The molecule has 0 bridgehead atoms. The van der Waals surface area contributed by atoms with E-state index < -0.39 is 59.9 Å². The second-order valence-corrected chi connectivity index (χ2v) is 11.4. The maximum absolute atomic E-state index is 13.6. The van der Waals surface area contributed by atoms with E-state index in [1.165, 1.54) is 73.6 Å². The summed E-state index contributed by atoms with van der Waals surface area (Å²) < 4.78 is 44.4. The summed E-state index contributed by atoms with van der Waals surface area (Å²) in [7, 11) is 2.87. The molecule has 0 spiro atoms. The summed E-state index contributed by atoms with van der Waals surface area (Å²) in [6.07, 6.45) is -5.10. The minimum absolute atomic E-state index is 0.0630. The summed E-state index contributed by atoms with van der Waals surface area (Å²) in [5, 5.41) is 22.1. The molecule has 0 unspecified atom stereocenters. The normalized spacial score (nSPS) is 11.4. The van der Waals surface area contributed by atoms with Crippen molar-refractivity contribution in [1.82, 2.24) is 4.90 Å². The Kier molecular flexibility index (Phi) is 10.8. The van der Waals surface area contributed by atoms with Gasteiger partial charge < -0.3 is 25.2 Å². The van der Waals surface area contributed by atoms with Crippen LogP contribution in [0, 0.1) is 0 Å². The van der Waals surface area contributed by atoms with Gasteiger partial charge in [0.15, 0.2) is 0 Å². The minimum atomic E-state index is -4.55. The Bertz CT molecular complexity index is 1900. The van der Waals surface area contributed by atoms with E-state index in [0.29, 0.717) is 11.1 Å². The first-order valence-corrected chi connectivity index (χ1v) is 14.7. The predicted octanol–water partition coefficient (Wildman–Crippen LogP) is 6.17. The van der Waals surface area contributed by atoms with Gasteiger partial charge in [-0.1, -0.05) is 72.3 Å². The highest BCUT2D eigenvalue weighted by molar-refractivity contribution is 6.35. The number of rotatable bonds is 11. The van der Waals surface area contributed by atoms with Crippen molar-refractivity contribution in [2.24, 2.45) is 0 Å². The maximum Gasteiger partial charge on any atom is 0.416 e. The van der Waals surface area contributed by atoms with E-state index in [1.54, 1.807) is 24.3 Å². The van der Waals surface area contributed by atoms with Gasteiger partial charge in [-0.15, -0.1) is 0 Å². The van der Waals surface area contributed by atoms with Crippen LogP contribution in [0.4, 0.5) is 18.9 Å². The first kappa shape index (κ1) is 36.2. The van der Waals surface area contributed by atoms with Gasteiger partial charge in [-0.25, -0.2) is 0 Å². The molecule has 0 saturated heterocycles. The lowest BCUT2D eigenvalue weighted by Crippen LogP contribution is -2.48. The molecule has 2 amide bonds. The molecular formula is C35H28ClF3N2O8. The van der Waals surface area contributed by atoms with Crippen molar-refractivity contribution in [2.75, 3.05) is 26.0 Å². The molecule has 14 heteroatoms. The third kappa shape index (κ3) is 7.90. The SMILES string of the molecule is CN(C)C(=O)c1cc(CC(=O)OCC(C(=O)O)(C(=O)O)c2ccccc2)cc(Cl)c1NC(=O)c1ccccc1-c1ccc(C(F)(F)F)cc1. The van der Waals surface area contributed by atoms with Crippen molar-refractivity contribution in [2.45, 2.75) is 18.0 Å². The van der Waals surface area contributed by atoms with Crippen LogP contribution < -0.4 is 5.32 Å². The van der Waals surface area contributed by atoms with Crippen LogP contribution in [0.25, 0.3) is 11.1 Å². The van der Waals surface area contributed by atoms with E-state index in [9.17, 15) is 47.4 Å². The van der Waals surface area contributed by atoms with E-state index in [4.69, 9.17) is 16.3 Å². The van der Waals surface area contributed by atoms with Gasteiger partial charge in [-0.05, 0) is 52.6 Å². The maximum atomic E-state index is 13.6. The Morgan fingerprint density at radius 2 is 1.39 bits per heavy atom. The molecule has 0 saturated carbocycles. The van der Waals surface area contributed by atoms with Crippen LogP contribution in [-0.4, -0.2) is 65.5 Å². The summed E-state index contributed by atoms with van der Waals surface area (Å²) in [5.41, 5.74) is -3.01. The number of anilines is 1. The van der Waals surface area contributed by atoms with Crippen LogP contribution in [0.15, 0.2) is 91.0 Å². The molecule has 254 valence electrons. The zero-order chi connectivity index (χ0) is 36.1. The molecule has 4 aromatic carbocycles. The summed E-state index contributed by atoms with van der Waals surface area (Å²) in [4.78, 5) is 65.1. The number of amides is 2. The largest absolute Gasteiger partial charge is 0.480 e. The smallest absolute Gasteiger partial charge is 0.416 e. The van der Waals surface area contributed by atoms with Crippen LogP contribution in [0.2, 0.25) is 5.02 Å². The highest BCUT2D eigenvalue weighted by Gasteiger charge is 2.50. The molecule has 0 aromatic heterocycles. The number of nitrogens with one attached hydrogen (secondary N) is 1. The van der Waals surface area contributed by atoms with Crippen molar-refractivity contribution in [3.63, 3.8) is 0 Å². The summed E-state index contributed by atoms with van der Waals surface area (Å²) >= 11 is 6.53. The third-order valence-electron chi connectivity index (χ3n) is 7.51. The number of halogens is 4. The fourth-order valence-corrected chi connectivity index (χ4v) is 5.22. The van der Waals surface area contributed by atoms with Gasteiger partial charge in [0.1, 0.15) is 6.61 Å². The molecule has 0 fully saturated rings. The monoisotopic (exact) mass is 696 g/mol. The van der Waals surface area contributed by atoms with Gasteiger partial charge in [0.2, 0.25) is 5.41 Å². The van der Waals surface area contributed by atoms with Gasteiger partial charge in [0, 0.05) is 19.7 Å². The second-order valence-electron chi connectivity index (χ2n) is 11.0. The number of aliphatic carboxylic acids is 2. The molecule has 49 heavy (non-hydrogen) atoms. The highest BCUT2D eigenvalue weighted by Crippen LogP contribution is 2.34. The molecular weight excluding hydrogens is 669 g/mol. The Balaban J connectivity index is 1.62. The molecule has 4 rings (SSSR count). The van der Waals surface area contributed by atoms with E-state index >= 15 is 0 Å². The van der Waals surface area contributed by atoms with Crippen molar-refractivity contribution in [3.05, 3.63) is 124 Å². The average molecular weight is 697 g/mol. The van der Waals surface area contributed by atoms with Crippen LogP contribution in [0.1, 0.15) is 37.4 Å². The third-order valence-corrected chi connectivity index (χ3v) is 7.81. The molecule has 4 aromatic rings. The second kappa shape index (κ2) is 14.6. The van der Waals surface area contributed by atoms with E-state index in [0.717, 1.165) is 12.1 Å². The zero-order valence-electron chi connectivity index (χ0n) is 25.9. The first-order valence-electron chi connectivity index (χ1n) is 14.4. The van der Waals surface area contributed by atoms with E-state index in [-0.39, 0.29) is 33.0 Å². The fourth-order valence-electron chi connectivity index (χ4n) is 4.93. The number of hydrogen-bond acceptors (Lipinski definition) is 6. The Morgan fingerprint density at radius 3 is 1.96 bits per heavy atom. The van der Waals surface area contributed by atoms with Gasteiger partial charge in [0.25, 0.3) is 11.8 Å². The van der Waals surface area contributed by atoms with Crippen molar-refractivity contribution >= 4 is 47.0 Å². The first-order chi connectivity index (χ1) is 23.1. The van der Waals surface area contributed by atoms with Crippen LogP contribution in [0.5, 0.6) is 0 Å². The lowest BCUT2D eigenvalue weighted by molar-refractivity contribution is -0.164. The standard InChI is InChI=1S/C35H28ClF3N2O8/c1-41(2)31(44)26-16-20(18-28(42)49-19-34(32(45)46,33(47)48)22-8-4-3-5-9-22)17-27(36)29(26)40-30(43)25-11-7-6-10-24(25)21-12-14-23(15-13-21)35(37,38)39/h3-17H,18-19H2,1-2H3,(H,40,43)(H,45,46)(H,47,48). The Morgan fingerprint density at radius 1 is 0.796 bits per heavy atom. The molecule has 0 heterocycles. The number of carbonyl (C=O) groups excluding carboxylic acids is 3. The summed E-state index contributed by atoms with van der Waals surface area (Å²) in [6, 6.07) is 19.9. The van der Waals surface area contributed by atoms with Gasteiger partial charge in [-0.2, -0.15) is 13.2 Å². The Labute approximate surface area is 282 Å². The number of benzene rings is 4. The molecule has 0 atom stereocenters. The molecule has 0 aliphatic heterocycles. The van der Waals surface area contributed by atoms with Gasteiger partial charge in [-0.3, -0.25) is 24.0 Å².